The summed E-state index contributed by atoms with van der Waals surface area (Å²) in [6, 6.07) is 5.58. The van der Waals surface area contributed by atoms with Gasteiger partial charge in [-0.1, -0.05) is 0 Å². The zero-order chi connectivity index (χ0) is 12.4. The molecule has 0 N–H and O–H groups in total. The van der Waals surface area contributed by atoms with Gasteiger partial charge in [0.2, 0.25) is 5.88 Å². The third-order valence-corrected chi connectivity index (χ3v) is 2.41. The zero-order valence-corrected chi connectivity index (χ0v) is 9.43. The Labute approximate surface area is 97.8 Å². The summed E-state index contributed by atoms with van der Waals surface area (Å²) in [4.78, 5) is 11.6. The fraction of sp³-hybridized carbons (Fsp3) is 0.167. The van der Waals surface area contributed by atoms with Gasteiger partial charge < -0.3 is 9.15 Å². The first-order chi connectivity index (χ1) is 8.19. The molecule has 0 radical (unpaired) electrons. The average Bonchev–Trinajstić information content (AvgIpc) is 2.94. The zero-order valence-electron chi connectivity index (χ0n) is 9.43. The Morgan fingerprint density at radius 3 is 2.65 bits per heavy atom. The number of furan rings is 1. The first kappa shape index (κ1) is 11.0. The van der Waals surface area contributed by atoms with Crippen molar-refractivity contribution in [1.82, 2.24) is 4.57 Å². The summed E-state index contributed by atoms with van der Waals surface area (Å²) < 4.78 is 11.7. The van der Waals surface area contributed by atoms with Crippen LogP contribution >= 0.6 is 0 Å². The van der Waals surface area contributed by atoms with E-state index in [0.29, 0.717) is 11.6 Å². The molecular weight excluding hydrogens is 220 g/mol. The van der Waals surface area contributed by atoms with Gasteiger partial charge in [0.05, 0.1) is 7.11 Å². The number of rotatable bonds is 2. The van der Waals surface area contributed by atoms with Gasteiger partial charge in [-0.05, 0) is 19.1 Å². The van der Waals surface area contributed by atoms with Gasteiger partial charge in [-0.15, -0.1) is 0 Å². The Kier molecular flexibility index (Phi) is 2.71. The molecule has 2 aromatic rings. The molecule has 2 aromatic heterocycles. The van der Waals surface area contributed by atoms with Crippen LogP contribution in [-0.4, -0.2) is 17.6 Å². The SMILES string of the molecule is COC(=O)c1c(C)oc(-n2cccc2)c1C#N. The molecule has 5 nitrogen and oxygen atoms in total. The molecule has 0 aromatic carbocycles. The summed E-state index contributed by atoms with van der Waals surface area (Å²) in [5.74, 6) is 0.133. The van der Waals surface area contributed by atoms with Gasteiger partial charge in [-0.3, -0.25) is 4.57 Å². The van der Waals surface area contributed by atoms with Crippen LogP contribution in [0.5, 0.6) is 0 Å². The number of nitrogens with zero attached hydrogens (tertiary/aromatic N) is 2. The van der Waals surface area contributed by atoms with Crippen molar-refractivity contribution >= 4 is 5.97 Å². The van der Waals surface area contributed by atoms with E-state index in [9.17, 15) is 4.79 Å². The Morgan fingerprint density at radius 1 is 1.47 bits per heavy atom. The second-order valence-corrected chi connectivity index (χ2v) is 3.41. The number of hydrogen-bond donors (Lipinski definition) is 0. The van der Waals surface area contributed by atoms with Gasteiger partial charge in [0, 0.05) is 12.4 Å². The molecule has 86 valence electrons. The lowest BCUT2D eigenvalue weighted by molar-refractivity contribution is 0.0598. The van der Waals surface area contributed by atoms with Crippen molar-refractivity contribution in [2.45, 2.75) is 6.92 Å². The van der Waals surface area contributed by atoms with E-state index >= 15 is 0 Å². The molecule has 0 unspecified atom stereocenters. The number of aryl methyl sites for hydroxylation is 1. The first-order valence-electron chi connectivity index (χ1n) is 4.94. The van der Waals surface area contributed by atoms with E-state index in [-0.39, 0.29) is 11.1 Å². The Balaban J connectivity index is 2.65. The minimum Gasteiger partial charge on any atom is -0.465 e. The van der Waals surface area contributed by atoms with Gasteiger partial charge in [0.25, 0.3) is 0 Å². The highest BCUT2D eigenvalue weighted by atomic mass is 16.5. The highest BCUT2D eigenvalue weighted by molar-refractivity contribution is 5.94. The quantitative estimate of drug-likeness (QED) is 0.740. The molecule has 0 saturated heterocycles. The molecule has 0 aliphatic heterocycles. The Morgan fingerprint density at radius 2 is 2.12 bits per heavy atom. The Bertz CT molecular complexity index is 588. The van der Waals surface area contributed by atoms with E-state index in [1.807, 2.05) is 6.07 Å². The third kappa shape index (κ3) is 1.70. The fourth-order valence-corrected chi connectivity index (χ4v) is 1.63. The molecule has 17 heavy (non-hydrogen) atoms. The van der Waals surface area contributed by atoms with Crippen molar-refractivity contribution < 1.29 is 13.9 Å². The lowest BCUT2D eigenvalue weighted by Crippen LogP contribution is -2.04. The van der Waals surface area contributed by atoms with Crippen molar-refractivity contribution in [2.75, 3.05) is 7.11 Å². The van der Waals surface area contributed by atoms with Crippen LogP contribution in [0.4, 0.5) is 0 Å². The molecule has 0 saturated carbocycles. The summed E-state index contributed by atoms with van der Waals surface area (Å²) in [5, 5.41) is 9.12. The van der Waals surface area contributed by atoms with Crippen LogP contribution in [0, 0.1) is 18.3 Å². The van der Waals surface area contributed by atoms with Gasteiger partial charge in [0.15, 0.2) is 0 Å². The lowest BCUT2D eigenvalue weighted by Gasteiger charge is -1.97. The van der Waals surface area contributed by atoms with E-state index in [4.69, 9.17) is 9.68 Å². The predicted octanol–water partition coefficient (Wildman–Crippen LogP) is 2.04. The normalized spacial score (nSPS) is 9.94. The maximum Gasteiger partial charge on any atom is 0.342 e. The van der Waals surface area contributed by atoms with Crippen LogP contribution in [0.1, 0.15) is 21.7 Å². The van der Waals surface area contributed by atoms with E-state index in [1.54, 1.807) is 36.0 Å². The van der Waals surface area contributed by atoms with Gasteiger partial charge in [-0.25, -0.2) is 4.79 Å². The number of carbonyl (C=O) groups is 1. The number of carbonyl (C=O) groups excluding carboxylic acids is 1. The third-order valence-electron chi connectivity index (χ3n) is 2.41. The predicted molar refractivity (Wildman–Crippen MR) is 58.8 cm³/mol. The highest BCUT2D eigenvalue weighted by Gasteiger charge is 2.24. The largest absolute Gasteiger partial charge is 0.465 e. The molecule has 0 bridgehead atoms. The monoisotopic (exact) mass is 230 g/mol. The number of hydrogen-bond acceptors (Lipinski definition) is 4. The van der Waals surface area contributed by atoms with Crippen molar-refractivity contribution in [3.8, 4) is 12.0 Å². The maximum atomic E-state index is 11.6. The number of esters is 1. The van der Waals surface area contributed by atoms with Crippen molar-refractivity contribution in [1.29, 1.82) is 5.26 Å². The fourth-order valence-electron chi connectivity index (χ4n) is 1.63. The molecule has 2 rings (SSSR count). The summed E-state index contributed by atoms with van der Waals surface area (Å²) in [7, 11) is 1.27. The van der Waals surface area contributed by atoms with Crippen molar-refractivity contribution in [3.05, 3.63) is 41.4 Å². The lowest BCUT2D eigenvalue weighted by atomic mass is 10.1. The van der Waals surface area contributed by atoms with Crippen LogP contribution in [-0.2, 0) is 4.74 Å². The van der Waals surface area contributed by atoms with Crippen LogP contribution in [0.25, 0.3) is 5.88 Å². The van der Waals surface area contributed by atoms with Gasteiger partial charge in [0.1, 0.15) is 23.0 Å². The summed E-state index contributed by atoms with van der Waals surface area (Å²) in [5.41, 5.74) is 0.365. The topological polar surface area (TPSA) is 68.2 Å². The van der Waals surface area contributed by atoms with Crippen LogP contribution in [0.2, 0.25) is 0 Å². The molecule has 0 aliphatic carbocycles. The van der Waals surface area contributed by atoms with E-state index in [2.05, 4.69) is 4.74 Å². The second kappa shape index (κ2) is 4.18. The van der Waals surface area contributed by atoms with Gasteiger partial charge >= 0.3 is 5.97 Å². The average molecular weight is 230 g/mol. The van der Waals surface area contributed by atoms with E-state index in [0.717, 1.165) is 0 Å². The highest BCUT2D eigenvalue weighted by Crippen LogP contribution is 2.25. The van der Waals surface area contributed by atoms with E-state index < -0.39 is 5.97 Å². The van der Waals surface area contributed by atoms with Crippen molar-refractivity contribution in [3.63, 3.8) is 0 Å². The second-order valence-electron chi connectivity index (χ2n) is 3.41. The Hall–Kier alpha value is -2.48. The molecule has 0 amide bonds. The molecule has 0 atom stereocenters. The molecule has 5 heteroatoms. The summed E-state index contributed by atoms with van der Waals surface area (Å²) >= 11 is 0. The molecule has 0 aliphatic rings. The standard InChI is InChI=1S/C12H10N2O3/c1-8-10(12(15)16-2)9(7-13)11(17-8)14-5-3-4-6-14/h3-6H,1-2H3. The van der Waals surface area contributed by atoms with Crippen LogP contribution < -0.4 is 0 Å². The number of ether oxygens (including phenoxy) is 1. The maximum absolute atomic E-state index is 11.6. The molecule has 2 heterocycles. The molecular formula is C12H10N2O3. The number of aromatic nitrogens is 1. The molecule has 0 fully saturated rings. The van der Waals surface area contributed by atoms with Crippen LogP contribution in [0.3, 0.4) is 0 Å². The summed E-state index contributed by atoms with van der Waals surface area (Å²) in [6.07, 6.45) is 3.47. The molecule has 0 spiro atoms. The smallest absolute Gasteiger partial charge is 0.342 e. The van der Waals surface area contributed by atoms with Crippen LogP contribution in [0.15, 0.2) is 28.9 Å². The van der Waals surface area contributed by atoms with Gasteiger partial charge in [-0.2, -0.15) is 5.26 Å². The minimum atomic E-state index is -0.568. The summed E-state index contributed by atoms with van der Waals surface area (Å²) in [6.45, 7) is 1.63. The minimum absolute atomic E-state index is 0.179. The number of nitriles is 1. The van der Waals surface area contributed by atoms with E-state index in [1.165, 1.54) is 7.11 Å². The van der Waals surface area contributed by atoms with Crippen molar-refractivity contribution in [2.24, 2.45) is 0 Å². The number of methoxy groups -OCH3 is 1. The first-order valence-corrected chi connectivity index (χ1v) is 4.94.